The molecule has 0 saturated heterocycles. The smallest absolute Gasteiger partial charge is 0.327 e. The highest BCUT2D eigenvalue weighted by Gasteiger charge is 2.20. The van der Waals surface area contributed by atoms with Crippen molar-refractivity contribution in [2.75, 3.05) is 19.8 Å². The lowest BCUT2D eigenvalue weighted by atomic mass is 9.97. The molecule has 0 atom stereocenters. The Kier molecular flexibility index (Phi) is 15.0. The number of hydrogen-bond acceptors (Lipinski definition) is 4. The van der Waals surface area contributed by atoms with Crippen LogP contribution < -0.4 is 0 Å². The number of unbranched alkanes of at least 4 members (excludes halogenated alkanes) is 9. The van der Waals surface area contributed by atoms with E-state index in [1.54, 1.807) is 0 Å². The van der Waals surface area contributed by atoms with Gasteiger partial charge in [0.15, 0.2) is 0 Å². The molecule has 134 valence electrons. The van der Waals surface area contributed by atoms with Crippen LogP contribution in [0.25, 0.3) is 0 Å². The van der Waals surface area contributed by atoms with E-state index in [-0.39, 0.29) is 5.41 Å². The van der Waals surface area contributed by atoms with Crippen molar-refractivity contribution in [2.45, 2.75) is 85.0 Å². The normalized spacial score (nSPS) is 12.3. The van der Waals surface area contributed by atoms with E-state index in [0.717, 1.165) is 13.0 Å². The topological polar surface area (TPSA) is 58.9 Å². The predicted octanol–water partition coefficient (Wildman–Crippen LogP) is 5.18. The van der Waals surface area contributed by atoms with Crippen molar-refractivity contribution < 1.29 is 19.0 Å². The van der Waals surface area contributed by atoms with Gasteiger partial charge in [0.1, 0.15) is 0 Å². The summed E-state index contributed by atoms with van der Waals surface area (Å²) in [6.07, 6.45) is 13.3. The number of ether oxygens (including phenoxy) is 1. The molecule has 0 aliphatic carbocycles. The molecule has 0 amide bonds. The molecular weight excluding hydrogens is 299 g/mol. The molecule has 22 heavy (non-hydrogen) atoms. The zero-order valence-corrected chi connectivity index (χ0v) is 15.7. The SMILES string of the molecule is CCCCCCCCCCCCOCC(C)(C)COP(O)O. The summed E-state index contributed by atoms with van der Waals surface area (Å²) in [4.78, 5) is 17.5. The zero-order valence-electron chi connectivity index (χ0n) is 14.9. The summed E-state index contributed by atoms with van der Waals surface area (Å²) < 4.78 is 10.5. The van der Waals surface area contributed by atoms with Gasteiger partial charge in [0, 0.05) is 12.0 Å². The van der Waals surface area contributed by atoms with Crippen LogP contribution in [0, 0.1) is 5.41 Å². The highest BCUT2D eigenvalue weighted by molar-refractivity contribution is 7.39. The van der Waals surface area contributed by atoms with E-state index in [2.05, 4.69) is 6.92 Å². The summed E-state index contributed by atoms with van der Waals surface area (Å²) >= 11 is 0. The van der Waals surface area contributed by atoms with Gasteiger partial charge in [-0.3, -0.25) is 0 Å². The first kappa shape index (κ1) is 22.3. The van der Waals surface area contributed by atoms with E-state index in [4.69, 9.17) is 19.0 Å². The molecule has 0 aromatic carbocycles. The first-order valence-electron chi connectivity index (χ1n) is 8.86. The molecule has 0 bridgehead atoms. The van der Waals surface area contributed by atoms with Gasteiger partial charge < -0.3 is 19.0 Å². The zero-order chi connectivity index (χ0) is 16.7. The van der Waals surface area contributed by atoms with E-state index in [1.165, 1.54) is 57.8 Å². The molecule has 0 heterocycles. The monoisotopic (exact) mass is 336 g/mol. The van der Waals surface area contributed by atoms with E-state index in [9.17, 15) is 0 Å². The Hall–Kier alpha value is 0.270. The van der Waals surface area contributed by atoms with Crippen molar-refractivity contribution in [1.82, 2.24) is 0 Å². The van der Waals surface area contributed by atoms with Crippen molar-refractivity contribution >= 4 is 8.60 Å². The minimum Gasteiger partial charge on any atom is -0.381 e. The third-order valence-electron chi connectivity index (χ3n) is 3.71. The Morgan fingerprint density at radius 1 is 0.773 bits per heavy atom. The molecule has 4 nitrogen and oxygen atoms in total. The van der Waals surface area contributed by atoms with Gasteiger partial charge in [0.25, 0.3) is 0 Å². The van der Waals surface area contributed by atoms with Crippen molar-refractivity contribution in [3.63, 3.8) is 0 Å². The fourth-order valence-electron chi connectivity index (χ4n) is 2.31. The molecule has 5 heteroatoms. The lowest BCUT2D eigenvalue weighted by Gasteiger charge is -2.24. The molecule has 0 aromatic rings. The van der Waals surface area contributed by atoms with Gasteiger partial charge in [-0.2, -0.15) is 0 Å². The van der Waals surface area contributed by atoms with Gasteiger partial charge in [0.2, 0.25) is 0 Å². The van der Waals surface area contributed by atoms with Gasteiger partial charge in [-0.05, 0) is 6.42 Å². The fraction of sp³-hybridized carbons (Fsp3) is 1.00. The average molecular weight is 336 g/mol. The summed E-state index contributed by atoms with van der Waals surface area (Å²) in [7, 11) is -2.26. The van der Waals surface area contributed by atoms with Gasteiger partial charge in [-0.1, -0.05) is 78.6 Å². The fourth-order valence-corrected chi connectivity index (χ4v) is 2.78. The van der Waals surface area contributed by atoms with Crippen LogP contribution in [0.15, 0.2) is 0 Å². The van der Waals surface area contributed by atoms with Crippen LogP contribution >= 0.6 is 8.60 Å². The Morgan fingerprint density at radius 3 is 1.77 bits per heavy atom. The highest BCUT2D eigenvalue weighted by atomic mass is 31.2. The molecule has 0 aromatic heterocycles. The quantitative estimate of drug-likeness (QED) is 0.301. The minimum absolute atomic E-state index is 0.176. The maximum Gasteiger partial charge on any atom is 0.327 e. The van der Waals surface area contributed by atoms with Crippen molar-refractivity contribution in [3.05, 3.63) is 0 Å². The van der Waals surface area contributed by atoms with E-state index in [0.29, 0.717) is 13.2 Å². The largest absolute Gasteiger partial charge is 0.381 e. The molecule has 0 aliphatic rings. The molecule has 0 aliphatic heterocycles. The number of hydrogen-bond donors (Lipinski definition) is 2. The second-order valence-electron chi connectivity index (χ2n) is 6.92. The van der Waals surface area contributed by atoms with Gasteiger partial charge in [-0.25, -0.2) is 0 Å². The van der Waals surface area contributed by atoms with E-state index < -0.39 is 8.60 Å². The summed E-state index contributed by atoms with van der Waals surface area (Å²) in [6.45, 7) is 7.95. The van der Waals surface area contributed by atoms with E-state index in [1.807, 2.05) is 13.8 Å². The lowest BCUT2D eigenvalue weighted by Crippen LogP contribution is -2.25. The van der Waals surface area contributed by atoms with Crippen LogP contribution in [0.4, 0.5) is 0 Å². The Labute approximate surface area is 138 Å². The molecule has 2 N–H and O–H groups in total. The number of rotatable bonds is 16. The summed E-state index contributed by atoms with van der Waals surface area (Å²) in [5.74, 6) is 0. The van der Waals surface area contributed by atoms with Gasteiger partial charge in [-0.15, -0.1) is 0 Å². The average Bonchev–Trinajstić information content (AvgIpc) is 2.46. The third-order valence-corrected chi connectivity index (χ3v) is 4.07. The molecule has 0 radical (unpaired) electrons. The summed E-state index contributed by atoms with van der Waals surface area (Å²) in [5.41, 5.74) is -0.176. The van der Waals surface area contributed by atoms with Crippen molar-refractivity contribution in [2.24, 2.45) is 5.41 Å². The molecule has 0 saturated carbocycles. The van der Waals surface area contributed by atoms with Crippen molar-refractivity contribution in [1.29, 1.82) is 0 Å². The Bertz CT molecular complexity index is 235. The third kappa shape index (κ3) is 16.6. The molecule has 0 fully saturated rings. The van der Waals surface area contributed by atoms with E-state index >= 15 is 0 Å². The Morgan fingerprint density at radius 2 is 1.27 bits per heavy atom. The minimum atomic E-state index is -2.26. The van der Waals surface area contributed by atoms with Crippen LogP contribution in [0.5, 0.6) is 0 Å². The summed E-state index contributed by atoms with van der Waals surface area (Å²) in [6, 6.07) is 0. The highest BCUT2D eigenvalue weighted by Crippen LogP contribution is 2.29. The Balaban J connectivity index is 3.25. The van der Waals surface area contributed by atoms with Crippen LogP contribution in [0.1, 0.15) is 85.0 Å². The van der Waals surface area contributed by atoms with Crippen molar-refractivity contribution in [3.8, 4) is 0 Å². The summed E-state index contributed by atoms with van der Waals surface area (Å²) in [5, 5.41) is 0. The maximum absolute atomic E-state index is 8.75. The maximum atomic E-state index is 8.75. The predicted molar refractivity (Wildman–Crippen MR) is 93.8 cm³/mol. The second-order valence-corrected chi connectivity index (χ2v) is 7.69. The van der Waals surface area contributed by atoms with Crippen LogP contribution in [0.3, 0.4) is 0 Å². The standard InChI is InChI=1S/C17H37O4P/c1-4-5-6-7-8-9-10-11-12-13-14-20-15-17(2,3)16-21-22(18)19/h18-19H,4-16H2,1-3H3. The van der Waals surface area contributed by atoms with Gasteiger partial charge in [0.05, 0.1) is 13.2 Å². The lowest BCUT2D eigenvalue weighted by molar-refractivity contribution is 0.0301. The van der Waals surface area contributed by atoms with Crippen LogP contribution in [-0.4, -0.2) is 29.6 Å². The second kappa shape index (κ2) is 14.8. The van der Waals surface area contributed by atoms with Gasteiger partial charge >= 0.3 is 8.60 Å². The molecule has 0 unspecified atom stereocenters. The molecule has 0 spiro atoms. The first-order valence-corrected chi connectivity index (χ1v) is 10.0. The first-order chi connectivity index (χ1) is 10.5. The molecular formula is C17H37O4P. The van der Waals surface area contributed by atoms with Crippen LogP contribution in [0.2, 0.25) is 0 Å². The molecule has 0 rings (SSSR count). The van der Waals surface area contributed by atoms with Crippen LogP contribution in [-0.2, 0) is 9.26 Å².